The number of hydrogen-bond acceptors (Lipinski definition) is 9. The molecule has 2 aliphatic rings. The van der Waals surface area contributed by atoms with Crippen molar-refractivity contribution in [2.75, 3.05) is 6.61 Å². The molecule has 0 bridgehead atoms. The Kier molecular flexibility index (Phi) is 7.52. The van der Waals surface area contributed by atoms with Gasteiger partial charge in [0.2, 0.25) is 6.29 Å². The lowest BCUT2D eigenvalue weighted by atomic mass is 9.99. The molecule has 0 aromatic carbocycles. The molecule has 0 radical (unpaired) electrons. The molecule has 1 heterocycles. The number of carbonyl (C=O) groups is 3. The van der Waals surface area contributed by atoms with Gasteiger partial charge in [-0.2, -0.15) is 0 Å². The van der Waals surface area contributed by atoms with E-state index in [2.05, 4.69) is 4.74 Å². The number of aliphatic hydroxyl groups is 3. The quantitative estimate of drug-likeness (QED) is 0.301. The molecule has 1 saturated carbocycles. The number of ether oxygens (including phenoxy) is 3. The Balaban J connectivity index is 2.00. The van der Waals surface area contributed by atoms with Crippen molar-refractivity contribution in [3.63, 3.8) is 0 Å². The highest BCUT2D eigenvalue weighted by atomic mass is 35.5. The Bertz CT molecular complexity index is 690. The monoisotopic (exact) mass is 456 g/mol. The number of carboxylic acid groups (broad SMARTS) is 1. The first-order chi connectivity index (χ1) is 13.4. The third kappa shape index (κ3) is 5.59. The Labute approximate surface area is 175 Å². The van der Waals surface area contributed by atoms with E-state index in [0.29, 0.717) is 0 Å². The van der Waals surface area contributed by atoms with Gasteiger partial charge in [-0.15, -0.1) is 0 Å². The second-order valence-electron chi connectivity index (χ2n) is 7.49. The molecule has 0 aromatic heterocycles. The standard InChI is InChI=1S/C17H22Cl2O10/c1-17(2)6(3-8(18)19)11(17)15(26)29-16-14(25)13(24)12(23)7(28-16)5-27-10(22)4-9(20)21/h3,6-7,11-14,16,23-25H,4-5H2,1-2H3,(H,20,21)/t6-,7+,11-,12+,13-,14+,16?/m0/s1. The van der Waals surface area contributed by atoms with E-state index < -0.39 is 73.0 Å². The van der Waals surface area contributed by atoms with Crippen LogP contribution in [0.1, 0.15) is 20.3 Å². The van der Waals surface area contributed by atoms with E-state index in [-0.39, 0.29) is 10.4 Å². The van der Waals surface area contributed by atoms with Gasteiger partial charge in [0.05, 0.1) is 5.92 Å². The summed E-state index contributed by atoms with van der Waals surface area (Å²) in [4.78, 5) is 34.3. The van der Waals surface area contributed by atoms with Crippen LogP contribution in [-0.2, 0) is 28.6 Å². The van der Waals surface area contributed by atoms with Crippen molar-refractivity contribution in [3.05, 3.63) is 10.6 Å². The van der Waals surface area contributed by atoms with Gasteiger partial charge in [-0.1, -0.05) is 37.0 Å². The minimum Gasteiger partial charge on any atom is -0.481 e. The molecule has 7 atom stereocenters. The second kappa shape index (κ2) is 9.15. The Morgan fingerprint density at radius 2 is 1.72 bits per heavy atom. The molecule has 2 rings (SSSR count). The maximum atomic E-state index is 12.5. The Morgan fingerprint density at radius 3 is 2.28 bits per heavy atom. The van der Waals surface area contributed by atoms with E-state index in [1.165, 1.54) is 6.08 Å². The van der Waals surface area contributed by atoms with E-state index in [0.717, 1.165) is 0 Å². The summed E-state index contributed by atoms with van der Waals surface area (Å²) in [6.07, 6.45) is -7.59. The second-order valence-corrected chi connectivity index (χ2v) is 8.49. The highest BCUT2D eigenvalue weighted by Crippen LogP contribution is 2.60. The molecular weight excluding hydrogens is 435 g/mol. The van der Waals surface area contributed by atoms with E-state index in [1.54, 1.807) is 13.8 Å². The molecule has 1 aliphatic heterocycles. The van der Waals surface area contributed by atoms with Crippen molar-refractivity contribution in [2.45, 2.75) is 51.0 Å². The predicted molar refractivity (Wildman–Crippen MR) is 96.5 cm³/mol. The number of hydrogen-bond donors (Lipinski definition) is 4. The molecule has 1 saturated heterocycles. The van der Waals surface area contributed by atoms with Crippen molar-refractivity contribution in [1.29, 1.82) is 0 Å². The van der Waals surface area contributed by atoms with Crippen LogP contribution in [0.15, 0.2) is 10.6 Å². The SMILES string of the molecule is CC1(C)[C@H](C(=O)OC2O[C@H](COC(=O)CC(=O)O)[C@@H](O)[C@H](O)[C@H]2O)[C@@H]1C=C(Cl)Cl. The zero-order valence-electron chi connectivity index (χ0n) is 15.5. The summed E-state index contributed by atoms with van der Waals surface area (Å²) >= 11 is 11.3. The molecule has 164 valence electrons. The number of esters is 2. The molecule has 1 unspecified atom stereocenters. The van der Waals surface area contributed by atoms with Crippen molar-refractivity contribution >= 4 is 41.1 Å². The lowest BCUT2D eigenvalue weighted by molar-refractivity contribution is -0.294. The Hall–Kier alpha value is -1.43. The van der Waals surface area contributed by atoms with Gasteiger partial charge in [-0.3, -0.25) is 14.4 Å². The highest BCUT2D eigenvalue weighted by Gasteiger charge is 2.62. The molecule has 0 aromatic rings. The van der Waals surface area contributed by atoms with E-state index in [1.807, 2.05) is 0 Å². The lowest BCUT2D eigenvalue weighted by Gasteiger charge is -2.39. The van der Waals surface area contributed by atoms with Gasteiger partial charge < -0.3 is 34.6 Å². The summed E-state index contributed by atoms with van der Waals surface area (Å²) in [7, 11) is 0. The van der Waals surface area contributed by atoms with E-state index >= 15 is 0 Å². The van der Waals surface area contributed by atoms with Crippen LogP contribution in [0.3, 0.4) is 0 Å². The van der Waals surface area contributed by atoms with Gasteiger partial charge >= 0.3 is 17.9 Å². The van der Waals surface area contributed by atoms with Crippen LogP contribution in [0.4, 0.5) is 0 Å². The minimum absolute atomic E-state index is 0.00545. The Morgan fingerprint density at radius 1 is 1.10 bits per heavy atom. The topological polar surface area (TPSA) is 160 Å². The van der Waals surface area contributed by atoms with Crippen LogP contribution in [0, 0.1) is 17.3 Å². The van der Waals surface area contributed by atoms with Crippen molar-refractivity contribution in [2.24, 2.45) is 17.3 Å². The fourth-order valence-corrected chi connectivity index (χ4v) is 3.54. The third-order valence-electron chi connectivity index (χ3n) is 5.08. The molecule has 0 spiro atoms. The van der Waals surface area contributed by atoms with E-state index in [9.17, 15) is 29.7 Å². The molecule has 12 heteroatoms. The third-order valence-corrected chi connectivity index (χ3v) is 5.33. The summed E-state index contributed by atoms with van der Waals surface area (Å²) in [5, 5.41) is 38.6. The number of carbonyl (C=O) groups excluding carboxylic acids is 2. The fraction of sp³-hybridized carbons (Fsp3) is 0.706. The van der Waals surface area contributed by atoms with Gasteiger partial charge in [0.15, 0.2) is 0 Å². The zero-order chi connectivity index (χ0) is 22.1. The van der Waals surface area contributed by atoms with Gasteiger partial charge in [0.1, 0.15) is 41.9 Å². The number of aliphatic hydroxyl groups excluding tert-OH is 3. The van der Waals surface area contributed by atoms with Gasteiger partial charge in [-0.25, -0.2) is 0 Å². The molecule has 29 heavy (non-hydrogen) atoms. The number of halogens is 2. The van der Waals surface area contributed by atoms with Gasteiger partial charge in [0.25, 0.3) is 0 Å². The van der Waals surface area contributed by atoms with E-state index in [4.69, 9.17) is 37.8 Å². The minimum atomic E-state index is -1.76. The van der Waals surface area contributed by atoms with Gasteiger partial charge in [0, 0.05) is 0 Å². The lowest BCUT2D eigenvalue weighted by Crippen LogP contribution is -2.59. The van der Waals surface area contributed by atoms with Gasteiger partial charge in [-0.05, 0) is 17.4 Å². The van der Waals surface area contributed by atoms with Crippen molar-refractivity contribution < 1.29 is 49.0 Å². The summed E-state index contributed by atoms with van der Waals surface area (Å²) < 4.78 is 15.1. The van der Waals surface area contributed by atoms with Crippen LogP contribution in [0.2, 0.25) is 0 Å². The summed E-state index contributed by atoms with van der Waals surface area (Å²) in [6, 6.07) is 0. The van der Waals surface area contributed by atoms with Crippen molar-refractivity contribution in [1.82, 2.24) is 0 Å². The number of carboxylic acids is 1. The largest absolute Gasteiger partial charge is 0.481 e. The summed E-state index contributed by atoms with van der Waals surface area (Å²) in [6.45, 7) is 2.96. The molecule has 0 amide bonds. The van der Waals surface area contributed by atoms with Crippen LogP contribution < -0.4 is 0 Å². The van der Waals surface area contributed by atoms with Crippen LogP contribution in [-0.4, -0.2) is 75.6 Å². The number of rotatable bonds is 7. The average molecular weight is 457 g/mol. The highest BCUT2D eigenvalue weighted by molar-refractivity contribution is 6.55. The normalized spacial score (nSPS) is 35.3. The summed E-state index contributed by atoms with van der Waals surface area (Å²) in [5.41, 5.74) is -0.504. The average Bonchev–Trinajstić information content (AvgIpc) is 3.13. The summed E-state index contributed by atoms with van der Waals surface area (Å²) in [5.74, 6) is -4.16. The maximum Gasteiger partial charge on any atom is 0.317 e. The first-order valence-corrected chi connectivity index (χ1v) is 9.42. The van der Waals surface area contributed by atoms with Crippen LogP contribution in [0.5, 0.6) is 0 Å². The first-order valence-electron chi connectivity index (χ1n) is 8.66. The van der Waals surface area contributed by atoms with Crippen LogP contribution >= 0.6 is 23.2 Å². The predicted octanol–water partition coefficient (Wildman–Crippen LogP) is -0.0537. The maximum absolute atomic E-state index is 12.5. The number of aliphatic carboxylic acids is 1. The zero-order valence-corrected chi connectivity index (χ0v) is 17.0. The molecule has 2 fully saturated rings. The first kappa shape index (κ1) is 23.8. The molecule has 4 N–H and O–H groups in total. The molecular formula is C17H22Cl2O10. The smallest absolute Gasteiger partial charge is 0.317 e. The molecule has 1 aliphatic carbocycles. The number of allylic oxidation sites excluding steroid dienone is 1. The molecule has 10 nitrogen and oxygen atoms in total. The van der Waals surface area contributed by atoms with Crippen molar-refractivity contribution in [3.8, 4) is 0 Å². The van der Waals surface area contributed by atoms with Crippen LogP contribution in [0.25, 0.3) is 0 Å². The fourth-order valence-electron chi connectivity index (χ4n) is 3.26.